The summed E-state index contributed by atoms with van der Waals surface area (Å²) in [7, 11) is 0. The molecule has 2 heterocycles. The number of para-hydroxylation sites is 2. The first-order chi connectivity index (χ1) is 27.6. The zero-order valence-electron chi connectivity index (χ0n) is 33.2. The fraction of sp³-hybridized carbons (Fsp3) is 0.458. The standard InChI is InChI=1S/C48H62N4O4/c53-47(49-45-27-17-15-25-43(45)39-21-11-9-12-22-39)55-41-29-35-51(36-30-41)33-19-7-5-3-1-2-4-6-8-20-34-52-37-31-42(32-38-52)56-48(54)50-46-28-18-16-26-44(46)40-23-13-10-14-24-40/h9-18,21-28,41-42H,1-8,19-20,29-38H2,(H,49,53)(H,50,54). The molecule has 4 aromatic rings. The summed E-state index contributed by atoms with van der Waals surface area (Å²) in [5.41, 5.74) is 5.69. The number of likely N-dealkylation sites (tertiary alicyclic amines) is 2. The average Bonchev–Trinajstić information content (AvgIpc) is 3.23. The van der Waals surface area contributed by atoms with Gasteiger partial charge in [0.25, 0.3) is 0 Å². The van der Waals surface area contributed by atoms with Gasteiger partial charge in [-0.15, -0.1) is 0 Å². The maximum Gasteiger partial charge on any atom is 0.411 e. The molecule has 8 heteroatoms. The number of nitrogens with one attached hydrogen (secondary N) is 2. The molecule has 2 saturated heterocycles. The van der Waals surface area contributed by atoms with Crippen LogP contribution in [0.1, 0.15) is 89.9 Å². The Balaban J connectivity index is 0.720. The molecule has 2 fully saturated rings. The number of benzene rings is 4. The zero-order valence-corrected chi connectivity index (χ0v) is 33.2. The van der Waals surface area contributed by atoms with Crippen LogP contribution >= 0.6 is 0 Å². The Hall–Kier alpha value is -4.66. The van der Waals surface area contributed by atoms with Crippen molar-refractivity contribution in [2.45, 2.75) is 102 Å². The fourth-order valence-electron chi connectivity index (χ4n) is 8.09. The van der Waals surface area contributed by atoms with Crippen molar-refractivity contribution >= 4 is 23.6 Å². The molecule has 6 rings (SSSR count). The second-order valence-electron chi connectivity index (χ2n) is 15.5. The van der Waals surface area contributed by atoms with Crippen molar-refractivity contribution in [2.75, 3.05) is 49.9 Å². The molecular formula is C48H62N4O4. The molecule has 0 spiro atoms. The summed E-state index contributed by atoms with van der Waals surface area (Å²) in [5, 5.41) is 5.96. The van der Waals surface area contributed by atoms with E-state index < -0.39 is 0 Å². The van der Waals surface area contributed by atoms with E-state index in [9.17, 15) is 9.59 Å². The van der Waals surface area contributed by atoms with Crippen LogP contribution in [0.4, 0.5) is 21.0 Å². The van der Waals surface area contributed by atoms with Gasteiger partial charge in [0, 0.05) is 37.3 Å². The van der Waals surface area contributed by atoms with E-state index in [1.807, 2.05) is 84.9 Å². The van der Waals surface area contributed by atoms with E-state index >= 15 is 0 Å². The number of carbonyl (C=O) groups is 2. The minimum Gasteiger partial charge on any atom is -0.446 e. The topological polar surface area (TPSA) is 83.1 Å². The van der Waals surface area contributed by atoms with E-state index in [0.717, 1.165) is 98.6 Å². The third kappa shape index (κ3) is 13.5. The number of hydrogen-bond donors (Lipinski definition) is 2. The zero-order chi connectivity index (χ0) is 38.6. The third-order valence-electron chi connectivity index (χ3n) is 11.3. The SMILES string of the molecule is O=C(Nc1ccccc1-c1ccccc1)OC1CCN(CCCCCCCCCCCCN2CCC(OC(=O)Nc3ccccc3-c3ccccc3)CC2)CC1. The lowest BCUT2D eigenvalue weighted by Crippen LogP contribution is -2.38. The third-order valence-corrected chi connectivity index (χ3v) is 11.3. The molecule has 56 heavy (non-hydrogen) atoms. The van der Waals surface area contributed by atoms with Gasteiger partial charge in [0.05, 0.1) is 11.4 Å². The van der Waals surface area contributed by atoms with Crippen molar-refractivity contribution < 1.29 is 19.1 Å². The first-order valence-corrected chi connectivity index (χ1v) is 21.3. The van der Waals surface area contributed by atoms with E-state index in [-0.39, 0.29) is 24.4 Å². The smallest absolute Gasteiger partial charge is 0.411 e. The molecule has 0 aliphatic carbocycles. The first-order valence-electron chi connectivity index (χ1n) is 21.3. The molecular weight excluding hydrogens is 697 g/mol. The van der Waals surface area contributed by atoms with Gasteiger partial charge in [0.1, 0.15) is 12.2 Å². The van der Waals surface area contributed by atoms with Gasteiger partial charge in [-0.3, -0.25) is 10.6 Å². The predicted molar refractivity (Wildman–Crippen MR) is 229 cm³/mol. The summed E-state index contributed by atoms with van der Waals surface area (Å²) in [6, 6.07) is 36.0. The van der Waals surface area contributed by atoms with E-state index in [1.54, 1.807) is 0 Å². The van der Waals surface area contributed by atoms with E-state index in [4.69, 9.17) is 9.47 Å². The van der Waals surface area contributed by atoms with Crippen LogP contribution in [0.25, 0.3) is 22.3 Å². The van der Waals surface area contributed by atoms with E-state index in [2.05, 4.69) is 44.7 Å². The molecule has 2 amide bonds. The number of nitrogens with zero attached hydrogens (tertiary/aromatic N) is 2. The summed E-state index contributed by atoms with van der Waals surface area (Å²) in [4.78, 5) is 30.5. The molecule has 0 saturated carbocycles. The first kappa shape index (κ1) is 41.0. The summed E-state index contributed by atoms with van der Waals surface area (Å²) >= 11 is 0. The lowest BCUT2D eigenvalue weighted by atomic mass is 10.0. The minimum atomic E-state index is -0.364. The Bertz CT molecular complexity index is 1610. The maximum absolute atomic E-state index is 12.7. The number of ether oxygens (including phenoxy) is 2. The highest BCUT2D eigenvalue weighted by atomic mass is 16.6. The average molecular weight is 759 g/mol. The molecule has 2 aliphatic heterocycles. The summed E-state index contributed by atoms with van der Waals surface area (Å²) in [5.74, 6) is 0. The Morgan fingerprint density at radius 1 is 0.446 bits per heavy atom. The monoisotopic (exact) mass is 758 g/mol. The van der Waals surface area contributed by atoms with Gasteiger partial charge in [-0.25, -0.2) is 9.59 Å². The number of carbonyl (C=O) groups excluding carboxylic acids is 2. The van der Waals surface area contributed by atoms with Crippen molar-refractivity contribution in [1.29, 1.82) is 0 Å². The molecule has 0 atom stereocenters. The summed E-state index contributed by atoms with van der Waals surface area (Å²) in [6.45, 7) is 6.28. The van der Waals surface area contributed by atoms with Gasteiger partial charge in [0.15, 0.2) is 0 Å². The summed E-state index contributed by atoms with van der Waals surface area (Å²) < 4.78 is 11.6. The number of piperidine rings is 2. The molecule has 2 N–H and O–H groups in total. The molecule has 298 valence electrons. The van der Waals surface area contributed by atoms with Crippen molar-refractivity contribution in [1.82, 2.24) is 9.80 Å². The largest absolute Gasteiger partial charge is 0.446 e. The number of hydrogen-bond acceptors (Lipinski definition) is 6. The van der Waals surface area contributed by atoms with Crippen LogP contribution in [-0.2, 0) is 9.47 Å². The van der Waals surface area contributed by atoms with E-state index in [1.165, 1.54) is 64.2 Å². The van der Waals surface area contributed by atoms with E-state index in [0.29, 0.717) is 0 Å². The lowest BCUT2D eigenvalue weighted by molar-refractivity contribution is 0.0579. The normalized spacial score (nSPS) is 15.6. The molecule has 8 nitrogen and oxygen atoms in total. The molecule has 0 aromatic heterocycles. The van der Waals surface area contributed by atoms with Crippen LogP contribution < -0.4 is 10.6 Å². The second-order valence-corrected chi connectivity index (χ2v) is 15.5. The number of rotatable bonds is 19. The Morgan fingerprint density at radius 3 is 1.14 bits per heavy atom. The maximum atomic E-state index is 12.7. The molecule has 0 radical (unpaired) electrons. The van der Waals surface area contributed by atoms with Gasteiger partial charge in [0.2, 0.25) is 0 Å². The van der Waals surface area contributed by atoms with Crippen molar-refractivity contribution in [3.63, 3.8) is 0 Å². The molecule has 4 aromatic carbocycles. The summed E-state index contributed by atoms with van der Waals surface area (Å²) in [6.07, 6.45) is 15.9. The van der Waals surface area contributed by atoms with Crippen molar-refractivity contribution in [2.24, 2.45) is 0 Å². The highest BCUT2D eigenvalue weighted by molar-refractivity contribution is 5.92. The fourth-order valence-corrected chi connectivity index (χ4v) is 8.09. The minimum absolute atomic E-state index is 0.0234. The number of unbranched alkanes of at least 4 members (excludes halogenated alkanes) is 9. The Morgan fingerprint density at radius 2 is 0.768 bits per heavy atom. The van der Waals surface area contributed by atoms with Gasteiger partial charge >= 0.3 is 12.2 Å². The van der Waals surface area contributed by atoms with Crippen LogP contribution in [0.2, 0.25) is 0 Å². The number of anilines is 2. The number of amides is 2. The van der Waals surface area contributed by atoms with Gasteiger partial charge in [-0.1, -0.05) is 148 Å². The molecule has 2 aliphatic rings. The predicted octanol–water partition coefficient (Wildman–Crippen LogP) is 11.6. The van der Waals surface area contributed by atoms with Crippen LogP contribution in [0.15, 0.2) is 109 Å². The molecule has 0 unspecified atom stereocenters. The van der Waals surface area contributed by atoms with Crippen LogP contribution in [0, 0.1) is 0 Å². The Labute approximate surface area is 335 Å². The van der Waals surface area contributed by atoms with Crippen molar-refractivity contribution in [3.8, 4) is 22.3 Å². The van der Waals surface area contributed by atoms with Gasteiger partial charge < -0.3 is 19.3 Å². The second kappa shape index (κ2) is 22.8. The highest BCUT2D eigenvalue weighted by Crippen LogP contribution is 2.29. The Kier molecular flexibility index (Phi) is 16.7. The quantitative estimate of drug-likeness (QED) is 0.0927. The van der Waals surface area contributed by atoms with Crippen LogP contribution in [0.5, 0.6) is 0 Å². The lowest BCUT2D eigenvalue weighted by Gasteiger charge is -2.31. The van der Waals surface area contributed by atoms with Crippen LogP contribution in [-0.4, -0.2) is 73.5 Å². The van der Waals surface area contributed by atoms with Crippen molar-refractivity contribution in [3.05, 3.63) is 109 Å². The highest BCUT2D eigenvalue weighted by Gasteiger charge is 2.24. The van der Waals surface area contributed by atoms with Gasteiger partial charge in [-0.2, -0.15) is 0 Å². The molecule has 0 bridgehead atoms. The van der Waals surface area contributed by atoms with Gasteiger partial charge in [-0.05, 0) is 74.9 Å². The van der Waals surface area contributed by atoms with Crippen LogP contribution in [0.3, 0.4) is 0 Å².